The van der Waals surface area contributed by atoms with Gasteiger partial charge in [0.15, 0.2) is 0 Å². The van der Waals surface area contributed by atoms with E-state index in [-0.39, 0.29) is 0 Å². The molecule has 1 aromatic rings. The first-order valence-electron chi connectivity index (χ1n) is 4.98. The molecule has 3 rings (SSSR count). The number of fused-ring (bicyclic) bond motifs is 2. The van der Waals surface area contributed by atoms with Gasteiger partial charge in [-0.25, -0.2) is 0 Å². The third-order valence-corrected chi connectivity index (χ3v) is 2.93. The zero-order chi connectivity index (χ0) is 9.38. The van der Waals surface area contributed by atoms with Crippen LogP contribution in [0.25, 0.3) is 0 Å². The van der Waals surface area contributed by atoms with E-state index in [1.807, 2.05) is 12.4 Å². The first-order valence-corrected chi connectivity index (χ1v) is 4.98. The zero-order valence-electron chi connectivity index (χ0n) is 7.85. The standard InChI is InChI=1S/C12H12N2/c1-2-4-11-9(3-1)7-10-8-13-6-5-12(10)14-11/h1-6,8-9,11,14H,7H2. The van der Waals surface area contributed by atoms with Crippen LogP contribution in [0.5, 0.6) is 0 Å². The third-order valence-electron chi connectivity index (χ3n) is 2.93. The van der Waals surface area contributed by atoms with Crippen LogP contribution in [-0.4, -0.2) is 11.0 Å². The Morgan fingerprint density at radius 1 is 1.29 bits per heavy atom. The van der Waals surface area contributed by atoms with Crippen molar-refractivity contribution in [3.05, 3.63) is 48.3 Å². The van der Waals surface area contributed by atoms with Crippen LogP contribution in [0.2, 0.25) is 0 Å². The highest BCUT2D eigenvalue weighted by molar-refractivity contribution is 5.54. The number of nitrogens with one attached hydrogen (secondary N) is 1. The second-order valence-corrected chi connectivity index (χ2v) is 3.84. The number of anilines is 1. The molecule has 1 aromatic heterocycles. The summed E-state index contributed by atoms with van der Waals surface area (Å²) in [4.78, 5) is 4.15. The van der Waals surface area contributed by atoms with Crippen molar-refractivity contribution in [3.63, 3.8) is 0 Å². The Kier molecular flexibility index (Phi) is 1.66. The molecule has 0 saturated carbocycles. The fourth-order valence-electron chi connectivity index (χ4n) is 2.17. The summed E-state index contributed by atoms with van der Waals surface area (Å²) in [5.41, 5.74) is 2.56. The smallest absolute Gasteiger partial charge is 0.0513 e. The third kappa shape index (κ3) is 1.15. The number of allylic oxidation sites excluding steroid dienone is 2. The van der Waals surface area contributed by atoms with Gasteiger partial charge in [0.1, 0.15) is 0 Å². The van der Waals surface area contributed by atoms with Crippen molar-refractivity contribution >= 4 is 5.69 Å². The van der Waals surface area contributed by atoms with E-state index in [1.54, 1.807) is 0 Å². The maximum Gasteiger partial charge on any atom is 0.0513 e. The van der Waals surface area contributed by atoms with Gasteiger partial charge in [-0.05, 0) is 18.1 Å². The lowest BCUT2D eigenvalue weighted by molar-refractivity contribution is 0.574. The molecule has 0 fully saturated rings. The summed E-state index contributed by atoms with van der Waals surface area (Å²) in [7, 11) is 0. The van der Waals surface area contributed by atoms with Gasteiger partial charge in [-0.2, -0.15) is 0 Å². The minimum Gasteiger partial charge on any atom is -0.378 e. The fraction of sp³-hybridized carbons (Fsp3) is 0.250. The zero-order valence-corrected chi connectivity index (χ0v) is 7.85. The molecule has 2 heteroatoms. The topological polar surface area (TPSA) is 24.9 Å². The van der Waals surface area contributed by atoms with E-state index in [9.17, 15) is 0 Å². The molecule has 70 valence electrons. The molecule has 0 amide bonds. The summed E-state index contributed by atoms with van der Waals surface area (Å²) in [6, 6.07) is 2.52. The molecule has 2 atom stereocenters. The minimum absolute atomic E-state index is 0.467. The Bertz CT molecular complexity index is 368. The van der Waals surface area contributed by atoms with Gasteiger partial charge in [-0.1, -0.05) is 24.3 Å². The van der Waals surface area contributed by atoms with Crippen LogP contribution in [0.3, 0.4) is 0 Å². The average Bonchev–Trinajstić information content (AvgIpc) is 2.26. The molecule has 0 bridgehead atoms. The van der Waals surface area contributed by atoms with E-state index in [4.69, 9.17) is 0 Å². The molecule has 0 saturated heterocycles. The Balaban J connectivity index is 2.00. The second-order valence-electron chi connectivity index (χ2n) is 3.84. The first kappa shape index (κ1) is 7.80. The molecule has 1 aliphatic heterocycles. The van der Waals surface area contributed by atoms with Gasteiger partial charge in [0.05, 0.1) is 6.04 Å². The molecule has 0 aromatic carbocycles. The number of hydrogen-bond acceptors (Lipinski definition) is 2. The SMILES string of the molecule is C1=CC2Cc3cnccc3NC2C=C1. The van der Waals surface area contributed by atoms with E-state index in [0.29, 0.717) is 12.0 Å². The Morgan fingerprint density at radius 3 is 3.21 bits per heavy atom. The molecule has 2 heterocycles. The van der Waals surface area contributed by atoms with Crippen LogP contribution < -0.4 is 5.32 Å². The summed E-state index contributed by atoms with van der Waals surface area (Å²) < 4.78 is 0. The van der Waals surface area contributed by atoms with Crippen molar-refractivity contribution in [1.29, 1.82) is 0 Å². The van der Waals surface area contributed by atoms with Gasteiger partial charge >= 0.3 is 0 Å². The number of pyridine rings is 1. The number of aromatic nitrogens is 1. The van der Waals surface area contributed by atoms with Crippen LogP contribution in [0.15, 0.2) is 42.8 Å². The maximum atomic E-state index is 4.15. The fourth-order valence-corrected chi connectivity index (χ4v) is 2.17. The Morgan fingerprint density at radius 2 is 2.21 bits per heavy atom. The van der Waals surface area contributed by atoms with Crippen molar-refractivity contribution in [1.82, 2.24) is 4.98 Å². The van der Waals surface area contributed by atoms with Crippen molar-refractivity contribution in [2.24, 2.45) is 5.92 Å². The van der Waals surface area contributed by atoms with E-state index in [1.165, 1.54) is 11.3 Å². The van der Waals surface area contributed by atoms with Crippen molar-refractivity contribution in [3.8, 4) is 0 Å². The summed E-state index contributed by atoms with van der Waals surface area (Å²) in [6.45, 7) is 0. The summed E-state index contributed by atoms with van der Waals surface area (Å²) in [5, 5.41) is 3.52. The van der Waals surface area contributed by atoms with Crippen LogP contribution in [0.4, 0.5) is 5.69 Å². The van der Waals surface area contributed by atoms with Gasteiger partial charge in [0.25, 0.3) is 0 Å². The molecule has 2 unspecified atom stereocenters. The van der Waals surface area contributed by atoms with Crippen LogP contribution in [-0.2, 0) is 6.42 Å². The highest BCUT2D eigenvalue weighted by Gasteiger charge is 2.25. The molecular weight excluding hydrogens is 172 g/mol. The van der Waals surface area contributed by atoms with Crippen LogP contribution in [0.1, 0.15) is 5.56 Å². The lowest BCUT2D eigenvalue weighted by atomic mass is 9.85. The maximum absolute atomic E-state index is 4.15. The highest BCUT2D eigenvalue weighted by atomic mass is 14.9. The van der Waals surface area contributed by atoms with E-state index in [0.717, 1.165) is 6.42 Å². The summed E-state index contributed by atoms with van der Waals surface area (Å²) >= 11 is 0. The number of nitrogens with zero attached hydrogens (tertiary/aromatic N) is 1. The summed E-state index contributed by atoms with van der Waals surface area (Å²) in [6.07, 6.45) is 13.6. The van der Waals surface area contributed by atoms with Crippen LogP contribution >= 0.6 is 0 Å². The molecule has 0 radical (unpaired) electrons. The van der Waals surface area contributed by atoms with E-state index < -0.39 is 0 Å². The van der Waals surface area contributed by atoms with Gasteiger partial charge in [-0.3, -0.25) is 4.98 Å². The molecule has 14 heavy (non-hydrogen) atoms. The normalized spacial score (nSPS) is 27.7. The monoisotopic (exact) mass is 184 g/mol. The predicted octanol–water partition coefficient (Wildman–Crippen LogP) is 2.16. The van der Waals surface area contributed by atoms with Gasteiger partial charge < -0.3 is 5.32 Å². The minimum atomic E-state index is 0.467. The number of rotatable bonds is 0. The van der Waals surface area contributed by atoms with Crippen molar-refractivity contribution in [2.75, 3.05) is 5.32 Å². The molecule has 1 N–H and O–H groups in total. The van der Waals surface area contributed by atoms with E-state index >= 15 is 0 Å². The quantitative estimate of drug-likeness (QED) is 0.668. The predicted molar refractivity (Wildman–Crippen MR) is 57.1 cm³/mol. The summed E-state index contributed by atoms with van der Waals surface area (Å²) in [5.74, 6) is 0.594. The first-order chi connectivity index (χ1) is 6.93. The Labute approximate surface area is 83.4 Å². The lowest BCUT2D eigenvalue weighted by Crippen LogP contribution is -2.33. The largest absolute Gasteiger partial charge is 0.378 e. The van der Waals surface area contributed by atoms with Crippen molar-refractivity contribution < 1.29 is 0 Å². The molecule has 0 spiro atoms. The molecule has 2 nitrogen and oxygen atoms in total. The van der Waals surface area contributed by atoms with Gasteiger partial charge in [-0.15, -0.1) is 0 Å². The molecule has 2 aliphatic rings. The number of hydrogen-bond donors (Lipinski definition) is 1. The lowest BCUT2D eigenvalue weighted by Gasteiger charge is -2.32. The molecule has 1 aliphatic carbocycles. The van der Waals surface area contributed by atoms with Gasteiger partial charge in [0, 0.05) is 24.0 Å². The van der Waals surface area contributed by atoms with Crippen LogP contribution in [0, 0.1) is 5.92 Å². The Hall–Kier alpha value is -1.57. The van der Waals surface area contributed by atoms with Gasteiger partial charge in [0.2, 0.25) is 0 Å². The van der Waals surface area contributed by atoms with E-state index in [2.05, 4.69) is 40.7 Å². The van der Waals surface area contributed by atoms with Crippen molar-refractivity contribution in [2.45, 2.75) is 12.5 Å². The molecular formula is C12H12N2. The average molecular weight is 184 g/mol. The highest BCUT2D eigenvalue weighted by Crippen LogP contribution is 2.30. The second kappa shape index (κ2) is 2.98.